The van der Waals surface area contributed by atoms with E-state index in [0.29, 0.717) is 10.8 Å². The van der Waals surface area contributed by atoms with Gasteiger partial charge in [0.1, 0.15) is 5.15 Å². The molecule has 2 heterocycles. The van der Waals surface area contributed by atoms with Gasteiger partial charge >= 0.3 is 0 Å². The maximum Gasteiger partial charge on any atom is 0.222 e. The molecule has 2 rings (SSSR count). The Morgan fingerprint density at radius 3 is 2.78 bits per heavy atom. The van der Waals surface area contributed by atoms with Crippen LogP contribution < -0.4 is 16.0 Å². The van der Waals surface area contributed by atoms with E-state index in [1.807, 2.05) is 0 Å². The zero-order valence-corrected chi connectivity index (χ0v) is 11.1. The number of carbonyl (C=O) groups excluding carboxylic acids is 1. The number of pyridine rings is 1. The number of nitrogens with two attached hydrogens (primary N) is 1. The van der Waals surface area contributed by atoms with Gasteiger partial charge in [-0.1, -0.05) is 11.6 Å². The number of aromatic nitrogens is 1. The number of rotatable bonds is 2. The Bertz CT molecular complexity index is 444. The van der Waals surface area contributed by atoms with Crippen molar-refractivity contribution >= 4 is 29.0 Å². The second kappa shape index (κ2) is 5.44. The first-order valence-electron chi connectivity index (χ1n) is 6.00. The lowest BCUT2D eigenvalue weighted by atomic mass is 9.96. The minimum atomic E-state index is 0.0895. The van der Waals surface area contributed by atoms with E-state index in [-0.39, 0.29) is 11.8 Å². The molecule has 0 aromatic carbocycles. The van der Waals surface area contributed by atoms with Crippen molar-refractivity contribution in [2.24, 2.45) is 5.92 Å². The van der Waals surface area contributed by atoms with Crippen LogP contribution in [0.2, 0.25) is 5.15 Å². The smallest absolute Gasteiger partial charge is 0.222 e. The Hall–Kier alpha value is -1.49. The SMILES string of the molecule is CNC(=O)C1CCN(c2nc(Cl)ccc2N)CC1. The summed E-state index contributed by atoms with van der Waals surface area (Å²) >= 11 is 5.88. The van der Waals surface area contributed by atoms with Gasteiger partial charge in [-0.15, -0.1) is 0 Å². The van der Waals surface area contributed by atoms with Crippen LogP contribution in [0.5, 0.6) is 0 Å². The molecule has 1 saturated heterocycles. The minimum absolute atomic E-state index is 0.0895. The molecule has 5 nitrogen and oxygen atoms in total. The number of nitrogens with zero attached hydrogens (tertiary/aromatic N) is 2. The van der Waals surface area contributed by atoms with Crippen LogP contribution in [-0.2, 0) is 4.79 Å². The van der Waals surface area contributed by atoms with E-state index in [4.69, 9.17) is 17.3 Å². The number of nitrogens with one attached hydrogen (secondary N) is 1. The summed E-state index contributed by atoms with van der Waals surface area (Å²) in [6, 6.07) is 3.44. The number of halogens is 1. The van der Waals surface area contributed by atoms with Crippen LogP contribution in [0.25, 0.3) is 0 Å². The summed E-state index contributed by atoms with van der Waals surface area (Å²) in [5.41, 5.74) is 6.52. The van der Waals surface area contributed by atoms with Crippen LogP contribution in [0, 0.1) is 5.92 Å². The predicted octanol–water partition coefficient (Wildman–Crippen LogP) is 1.28. The summed E-state index contributed by atoms with van der Waals surface area (Å²) in [5.74, 6) is 0.922. The lowest BCUT2D eigenvalue weighted by molar-refractivity contribution is -0.125. The number of nitrogen functional groups attached to an aromatic ring is 1. The third kappa shape index (κ3) is 2.67. The minimum Gasteiger partial charge on any atom is -0.396 e. The third-order valence-electron chi connectivity index (χ3n) is 3.28. The molecule has 1 aliphatic rings. The fourth-order valence-electron chi connectivity index (χ4n) is 2.25. The van der Waals surface area contributed by atoms with Crippen LogP contribution in [-0.4, -0.2) is 31.0 Å². The Balaban J connectivity index is 2.05. The summed E-state index contributed by atoms with van der Waals surface area (Å²) in [7, 11) is 1.67. The van der Waals surface area contributed by atoms with Crippen molar-refractivity contribution in [3.05, 3.63) is 17.3 Å². The molecule has 0 spiro atoms. The maximum absolute atomic E-state index is 11.5. The number of hydrogen-bond donors (Lipinski definition) is 2. The largest absolute Gasteiger partial charge is 0.396 e. The monoisotopic (exact) mass is 268 g/mol. The van der Waals surface area contributed by atoms with Crippen molar-refractivity contribution in [2.45, 2.75) is 12.8 Å². The number of amides is 1. The molecule has 1 aromatic rings. The van der Waals surface area contributed by atoms with Crippen molar-refractivity contribution in [3.8, 4) is 0 Å². The second-order valence-electron chi connectivity index (χ2n) is 4.42. The lowest BCUT2D eigenvalue weighted by Crippen LogP contribution is -2.40. The average Bonchev–Trinajstić information content (AvgIpc) is 2.41. The molecule has 1 fully saturated rings. The highest BCUT2D eigenvalue weighted by molar-refractivity contribution is 6.29. The van der Waals surface area contributed by atoms with E-state index in [0.717, 1.165) is 31.7 Å². The Morgan fingerprint density at radius 2 is 2.17 bits per heavy atom. The van der Waals surface area contributed by atoms with Crippen LogP contribution in [0.15, 0.2) is 12.1 Å². The Labute approximate surface area is 111 Å². The van der Waals surface area contributed by atoms with Gasteiger partial charge in [0.15, 0.2) is 5.82 Å². The van der Waals surface area contributed by atoms with Gasteiger partial charge in [-0.2, -0.15) is 0 Å². The van der Waals surface area contributed by atoms with Crippen molar-refractivity contribution in [3.63, 3.8) is 0 Å². The number of anilines is 2. The molecule has 1 aliphatic heterocycles. The molecule has 98 valence electrons. The van der Waals surface area contributed by atoms with Gasteiger partial charge < -0.3 is 16.0 Å². The fourth-order valence-corrected chi connectivity index (χ4v) is 2.39. The van der Waals surface area contributed by atoms with E-state index >= 15 is 0 Å². The highest BCUT2D eigenvalue weighted by atomic mass is 35.5. The zero-order valence-electron chi connectivity index (χ0n) is 10.3. The quantitative estimate of drug-likeness (QED) is 0.793. The van der Waals surface area contributed by atoms with Gasteiger partial charge in [-0.05, 0) is 25.0 Å². The molecule has 18 heavy (non-hydrogen) atoms. The van der Waals surface area contributed by atoms with Crippen LogP contribution in [0.4, 0.5) is 11.5 Å². The molecule has 0 atom stereocenters. The average molecular weight is 269 g/mol. The number of carbonyl (C=O) groups is 1. The predicted molar refractivity (Wildman–Crippen MR) is 72.7 cm³/mol. The third-order valence-corrected chi connectivity index (χ3v) is 3.49. The molecular formula is C12H17ClN4O. The molecule has 1 aromatic heterocycles. The highest BCUT2D eigenvalue weighted by Gasteiger charge is 2.25. The van der Waals surface area contributed by atoms with Crippen molar-refractivity contribution < 1.29 is 4.79 Å². The van der Waals surface area contributed by atoms with Crippen molar-refractivity contribution in [1.82, 2.24) is 10.3 Å². The van der Waals surface area contributed by atoms with Gasteiger partial charge in [0.05, 0.1) is 5.69 Å². The molecule has 0 bridgehead atoms. The molecule has 3 N–H and O–H groups in total. The lowest BCUT2D eigenvalue weighted by Gasteiger charge is -2.32. The summed E-state index contributed by atoms with van der Waals surface area (Å²) in [6.45, 7) is 1.55. The first-order valence-corrected chi connectivity index (χ1v) is 6.38. The molecular weight excluding hydrogens is 252 g/mol. The normalized spacial score (nSPS) is 16.7. The summed E-state index contributed by atoms with van der Waals surface area (Å²) in [5, 5.41) is 3.13. The molecule has 1 amide bonds. The molecule has 0 radical (unpaired) electrons. The van der Waals surface area contributed by atoms with Crippen LogP contribution in [0.1, 0.15) is 12.8 Å². The van der Waals surface area contributed by atoms with Crippen LogP contribution >= 0.6 is 11.6 Å². The maximum atomic E-state index is 11.5. The van der Waals surface area contributed by atoms with E-state index in [2.05, 4.69) is 15.2 Å². The van der Waals surface area contributed by atoms with Gasteiger partial charge in [-0.3, -0.25) is 4.79 Å². The number of hydrogen-bond acceptors (Lipinski definition) is 4. The topological polar surface area (TPSA) is 71.2 Å². The highest BCUT2D eigenvalue weighted by Crippen LogP contribution is 2.27. The van der Waals surface area contributed by atoms with E-state index in [9.17, 15) is 4.79 Å². The summed E-state index contributed by atoms with van der Waals surface area (Å²) < 4.78 is 0. The first kappa shape index (κ1) is 13.0. The van der Waals surface area contributed by atoms with E-state index in [1.165, 1.54) is 0 Å². The first-order chi connectivity index (χ1) is 8.61. The molecule has 0 saturated carbocycles. The molecule has 0 unspecified atom stereocenters. The zero-order chi connectivity index (χ0) is 13.1. The van der Waals surface area contributed by atoms with E-state index in [1.54, 1.807) is 19.2 Å². The van der Waals surface area contributed by atoms with Gasteiger partial charge in [0, 0.05) is 26.1 Å². The molecule has 6 heteroatoms. The van der Waals surface area contributed by atoms with Gasteiger partial charge in [0.25, 0.3) is 0 Å². The number of piperidine rings is 1. The van der Waals surface area contributed by atoms with Gasteiger partial charge in [0.2, 0.25) is 5.91 Å². The fraction of sp³-hybridized carbons (Fsp3) is 0.500. The Kier molecular flexibility index (Phi) is 3.91. The van der Waals surface area contributed by atoms with Crippen LogP contribution in [0.3, 0.4) is 0 Å². The van der Waals surface area contributed by atoms with Crippen molar-refractivity contribution in [2.75, 3.05) is 30.8 Å². The molecule has 0 aliphatic carbocycles. The summed E-state index contributed by atoms with van der Waals surface area (Å²) in [6.07, 6.45) is 1.63. The van der Waals surface area contributed by atoms with Crippen molar-refractivity contribution in [1.29, 1.82) is 0 Å². The second-order valence-corrected chi connectivity index (χ2v) is 4.81. The summed E-state index contributed by atoms with van der Waals surface area (Å²) in [4.78, 5) is 17.9. The van der Waals surface area contributed by atoms with Gasteiger partial charge in [-0.25, -0.2) is 4.98 Å². The Morgan fingerprint density at radius 1 is 1.50 bits per heavy atom. The standard InChI is InChI=1S/C12H17ClN4O/c1-15-12(18)8-4-6-17(7-5-8)11-9(14)2-3-10(13)16-11/h2-3,8H,4-7,14H2,1H3,(H,15,18). The van der Waals surface area contributed by atoms with E-state index < -0.39 is 0 Å².